The molecule has 0 bridgehead atoms. The predicted octanol–water partition coefficient (Wildman–Crippen LogP) is 0.0646. The summed E-state index contributed by atoms with van der Waals surface area (Å²) in [5.74, 6) is -0.397. The molecule has 0 saturated heterocycles. The van der Waals surface area contributed by atoms with Crippen LogP contribution in [0.4, 0.5) is 0 Å². The van der Waals surface area contributed by atoms with E-state index in [1.165, 1.54) is 4.90 Å². The number of carbonyl (C=O) groups is 2. The lowest BCUT2D eigenvalue weighted by molar-refractivity contribution is -0.142. The Bertz CT molecular complexity index is 361. The molecular formula is C16H33N3O4. The van der Waals surface area contributed by atoms with Crippen LogP contribution >= 0.6 is 0 Å². The molecule has 0 rings (SSSR count). The molecule has 0 fully saturated rings. The highest BCUT2D eigenvalue weighted by Gasteiger charge is 2.28. The number of aliphatic hydroxyl groups is 2. The fourth-order valence-corrected chi connectivity index (χ4v) is 2.43. The van der Waals surface area contributed by atoms with Crippen molar-refractivity contribution in [3.63, 3.8) is 0 Å². The molecule has 0 aromatic heterocycles. The summed E-state index contributed by atoms with van der Waals surface area (Å²) in [6, 6.07) is -1.03. The van der Waals surface area contributed by atoms with Crippen LogP contribution in [0, 0.1) is 5.92 Å². The summed E-state index contributed by atoms with van der Waals surface area (Å²) in [5.41, 5.74) is 0. The van der Waals surface area contributed by atoms with Crippen LogP contribution in [0.2, 0.25) is 0 Å². The van der Waals surface area contributed by atoms with Gasteiger partial charge < -0.3 is 25.7 Å². The zero-order valence-electron chi connectivity index (χ0n) is 15.0. The highest BCUT2D eigenvalue weighted by molar-refractivity contribution is 5.89. The molecule has 0 aliphatic rings. The Morgan fingerprint density at radius 3 is 2.17 bits per heavy atom. The van der Waals surface area contributed by atoms with Crippen LogP contribution in [0.15, 0.2) is 0 Å². The molecule has 23 heavy (non-hydrogen) atoms. The lowest BCUT2D eigenvalue weighted by Gasteiger charge is -2.29. The van der Waals surface area contributed by atoms with Crippen LogP contribution in [-0.4, -0.2) is 65.4 Å². The third-order valence-electron chi connectivity index (χ3n) is 3.76. The topological polar surface area (TPSA) is 102 Å². The number of nitrogens with zero attached hydrogens (tertiary/aromatic N) is 1. The van der Waals surface area contributed by atoms with Gasteiger partial charge >= 0.3 is 0 Å². The van der Waals surface area contributed by atoms with Gasteiger partial charge in [-0.25, -0.2) is 0 Å². The molecule has 0 aliphatic carbocycles. The first-order valence-corrected chi connectivity index (χ1v) is 8.40. The van der Waals surface area contributed by atoms with E-state index in [4.69, 9.17) is 0 Å². The van der Waals surface area contributed by atoms with Gasteiger partial charge in [-0.2, -0.15) is 0 Å². The van der Waals surface area contributed by atoms with Crippen LogP contribution in [0.3, 0.4) is 0 Å². The van der Waals surface area contributed by atoms with Gasteiger partial charge in [0.1, 0.15) is 6.04 Å². The molecule has 0 radical (unpaired) electrons. The van der Waals surface area contributed by atoms with Gasteiger partial charge in [0, 0.05) is 6.54 Å². The SMILES string of the molecule is CCCCN(CC(O)O)C(=O)[C@H](CC)NC(=O)[C@@H](NC)C(C)C. The second-order valence-corrected chi connectivity index (χ2v) is 6.10. The molecule has 0 aliphatic heterocycles. The van der Waals surface area contributed by atoms with E-state index in [2.05, 4.69) is 10.6 Å². The fourth-order valence-electron chi connectivity index (χ4n) is 2.43. The average molecular weight is 331 g/mol. The summed E-state index contributed by atoms with van der Waals surface area (Å²) in [4.78, 5) is 26.3. The molecule has 0 saturated carbocycles. The Kier molecular flexibility index (Phi) is 10.8. The number of unbranched alkanes of at least 4 members (excludes halogenated alkanes) is 1. The van der Waals surface area contributed by atoms with Crippen molar-refractivity contribution in [3.8, 4) is 0 Å². The lowest BCUT2D eigenvalue weighted by Crippen LogP contribution is -2.55. The van der Waals surface area contributed by atoms with Crippen LogP contribution < -0.4 is 10.6 Å². The minimum Gasteiger partial charge on any atom is -0.367 e. The van der Waals surface area contributed by atoms with E-state index >= 15 is 0 Å². The third-order valence-corrected chi connectivity index (χ3v) is 3.76. The van der Waals surface area contributed by atoms with Gasteiger partial charge in [-0.1, -0.05) is 34.1 Å². The molecule has 7 nitrogen and oxygen atoms in total. The van der Waals surface area contributed by atoms with Gasteiger partial charge in [-0.3, -0.25) is 9.59 Å². The van der Waals surface area contributed by atoms with E-state index in [1.54, 1.807) is 7.05 Å². The Morgan fingerprint density at radius 1 is 1.17 bits per heavy atom. The number of nitrogens with one attached hydrogen (secondary N) is 2. The van der Waals surface area contributed by atoms with Gasteiger partial charge in [0.2, 0.25) is 11.8 Å². The minimum absolute atomic E-state index is 0.100. The van der Waals surface area contributed by atoms with Crippen LogP contribution in [-0.2, 0) is 9.59 Å². The molecular weight excluding hydrogens is 298 g/mol. The maximum absolute atomic E-state index is 12.6. The normalized spacial score (nSPS) is 14.0. The minimum atomic E-state index is -1.58. The summed E-state index contributed by atoms with van der Waals surface area (Å²) in [5, 5.41) is 24.1. The van der Waals surface area contributed by atoms with Crippen molar-refractivity contribution in [2.45, 2.75) is 65.3 Å². The number of hydrogen-bond acceptors (Lipinski definition) is 5. The largest absolute Gasteiger partial charge is 0.367 e. The molecule has 2 amide bonds. The number of amides is 2. The Labute approximate surface area is 139 Å². The summed E-state index contributed by atoms with van der Waals surface area (Å²) < 4.78 is 0. The van der Waals surface area contributed by atoms with Gasteiger partial charge in [-0.15, -0.1) is 0 Å². The van der Waals surface area contributed by atoms with E-state index in [9.17, 15) is 19.8 Å². The molecule has 0 aromatic carbocycles. The smallest absolute Gasteiger partial charge is 0.245 e. The fraction of sp³-hybridized carbons (Fsp3) is 0.875. The summed E-state index contributed by atoms with van der Waals surface area (Å²) in [6.07, 6.45) is 0.533. The number of carbonyl (C=O) groups excluding carboxylic acids is 2. The number of likely N-dealkylation sites (N-methyl/N-ethyl adjacent to an activating group) is 1. The average Bonchev–Trinajstić information content (AvgIpc) is 2.48. The van der Waals surface area contributed by atoms with Crippen molar-refractivity contribution < 1.29 is 19.8 Å². The van der Waals surface area contributed by atoms with Crippen LogP contribution in [0.1, 0.15) is 47.0 Å². The number of hydrogen-bond donors (Lipinski definition) is 4. The zero-order valence-corrected chi connectivity index (χ0v) is 15.0. The molecule has 136 valence electrons. The third kappa shape index (κ3) is 7.76. The molecule has 4 N–H and O–H groups in total. The first kappa shape index (κ1) is 21.8. The Morgan fingerprint density at radius 2 is 1.78 bits per heavy atom. The van der Waals surface area contributed by atoms with Gasteiger partial charge in [0.25, 0.3) is 0 Å². The molecule has 7 heteroatoms. The second kappa shape index (κ2) is 11.4. The predicted molar refractivity (Wildman–Crippen MR) is 89.6 cm³/mol. The molecule has 2 atom stereocenters. The second-order valence-electron chi connectivity index (χ2n) is 6.10. The van der Waals surface area contributed by atoms with E-state index in [0.29, 0.717) is 13.0 Å². The standard InChI is InChI=1S/C16H33N3O4/c1-6-8-9-19(10-13(20)21)16(23)12(7-2)18-15(22)14(17-5)11(3)4/h11-14,17,20-21H,6-10H2,1-5H3,(H,18,22)/t12-,14-/m0/s1. The Balaban J connectivity index is 4.95. The van der Waals surface area contributed by atoms with E-state index in [0.717, 1.165) is 12.8 Å². The first-order valence-electron chi connectivity index (χ1n) is 8.40. The van der Waals surface area contributed by atoms with Crippen LogP contribution in [0.25, 0.3) is 0 Å². The molecule has 0 unspecified atom stereocenters. The highest BCUT2D eigenvalue weighted by atomic mass is 16.5. The van der Waals surface area contributed by atoms with Crippen molar-refractivity contribution in [1.29, 1.82) is 0 Å². The van der Waals surface area contributed by atoms with Crippen LogP contribution in [0.5, 0.6) is 0 Å². The molecule has 0 heterocycles. The lowest BCUT2D eigenvalue weighted by atomic mass is 10.0. The number of rotatable bonds is 11. The maximum atomic E-state index is 12.6. The maximum Gasteiger partial charge on any atom is 0.245 e. The summed E-state index contributed by atoms with van der Waals surface area (Å²) >= 11 is 0. The van der Waals surface area contributed by atoms with Gasteiger partial charge in [0.15, 0.2) is 6.29 Å². The Hall–Kier alpha value is -1.18. The van der Waals surface area contributed by atoms with E-state index in [-0.39, 0.29) is 30.3 Å². The van der Waals surface area contributed by atoms with Crippen molar-refractivity contribution in [2.24, 2.45) is 5.92 Å². The first-order chi connectivity index (χ1) is 10.8. The molecule has 0 aromatic rings. The zero-order chi connectivity index (χ0) is 18.0. The summed E-state index contributed by atoms with van der Waals surface area (Å²) in [7, 11) is 1.71. The summed E-state index contributed by atoms with van der Waals surface area (Å²) in [6.45, 7) is 7.97. The molecule has 0 spiro atoms. The monoisotopic (exact) mass is 331 g/mol. The van der Waals surface area contributed by atoms with Gasteiger partial charge in [0.05, 0.1) is 12.6 Å². The van der Waals surface area contributed by atoms with Crippen molar-refractivity contribution >= 4 is 11.8 Å². The van der Waals surface area contributed by atoms with Crippen molar-refractivity contribution in [1.82, 2.24) is 15.5 Å². The van der Waals surface area contributed by atoms with Crippen molar-refractivity contribution in [2.75, 3.05) is 20.1 Å². The quantitative estimate of drug-likeness (QED) is 0.401. The van der Waals surface area contributed by atoms with E-state index in [1.807, 2.05) is 27.7 Å². The highest BCUT2D eigenvalue weighted by Crippen LogP contribution is 2.06. The van der Waals surface area contributed by atoms with Gasteiger partial charge in [-0.05, 0) is 25.8 Å². The number of aliphatic hydroxyl groups excluding tert-OH is 1. The van der Waals surface area contributed by atoms with Crippen molar-refractivity contribution in [3.05, 3.63) is 0 Å². The van der Waals surface area contributed by atoms with E-state index < -0.39 is 12.3 Å².